The Hall–Kier alpha value is -2.98. The molecule has 0 heterocycles. The van der Waals surface area contributed by atoms with Crippen molar-refractivity contribution in [2.24, 2.45) is 11.7 Å². The Labute approximate surface area is 181 Å². The molecule has 31 heavy (non-hydrogen) atoms. The Morgan fingerprint density at radius 2 is 1.48 bits per heavy atom. The third kappa shape index (κ3) is 8.35. The van der Waals surface area contributed by atoms with Gasteiger partial charge in [-0.25, -0.2) is 4.79 Å². The first-order chi connectivity index (χ1) is 14.4. The third-order valence-electron chi connectivity index (χ3n) is 4.72. The van der Waals surface area contributed by atoms with Crippen LogP contribution in [0.5, 0.6) is 0 Å². The zero-order chi connectivity index (χ0) is 23.7. The first-order valence-corrected chi connectivity index (χ1v) is 10.1. The van der Waals surface area contributed by atoms with E-state index >= 15 is 0 Å². The van der Waals surface area contributed by atoms with Crippen molar-refractivity contribution in [3.05, 3.63) is 35.9 Å². The van der Waals surface area contributed by atoms with Crippen LogP contribution in [-0.4, -0.2) is 64.2 Å². The lowest BCUT2D eigenvalue weighted by Gasteiger charge is -2.25. The number of benzene rings is 1. The molecule has 10 heteroatoms. The van der Waals surface area contributed by atoms with Gasteiger partial charge in [0.15, 0.2) is 0 Å². The molecule has 3 amide bonds. The largest absolute Gasteiger partial charge is 0.480 e. The van der Waals surface area contributed by atoms with Gasteiger partial charge in [0, 0.05) is 6.42 Å². The summed E-state index contributed by atoms with van der Waals surface area (Å²) in [4.78, 5) is 48.9. The molecule has 10 nitrogen and oxygen atoms in total. The summed E-state index contributed by atoms with van der Waals surface area (Å²) >= 11 is 0. The van der Waals surface area contributed by atoms with E-state index in [1.54, 1.807) is 44.2 Å². The number of carbonyl (C=O) groups is 4. The van der Waals surface area contributed by atoms with E-state index < -0.39 is 54.0 Å². The zero-order valence-electron chi connectivity index (χ0n) is 18.2. The smallest absolute Gasteiger partial charge is 0.326 e. The molecule has 0 aliphatic heterocycles. The van der Waals surface area contributed by atoms with Crippen LogP contribution in [0, 0.1) is 5.92 Å². The van der Waals surface area contributed by atoms with Gasteiger partial charge in [-0.15, -0.1) is 0 Å². The van der Waals surface area contributed by atoms with Gasteiger partial charge in [-0.3, -0.25) is 14.4 Å². The molecule has 1 aromatic carbocycles. The molecule has 7 N–H and O–H groups in total. The number of nitrogens with two attached hydrogens (primary N) is 1. The van der Waals surface area contributed by atoms with Gasteiger partial charge in [-0.05, 0) is 25.3 Å². The Morgan fingerprint density at radius 1 is 0.903 bits per heavy atom. The molecule has 5 unspecified atom stereocenters. The van der Waals surface area contributed by atoms with Crippen molar-refractivity contribution in [2.45, 2.75) is 64.4 Å². The van der Waals surface area contributed by atoms with Crippen molar-refractivity contribution in [1.82, 2.24) is 16.0 Å². The van der Waals surface area contributed by atoms with Crippen molar-refractivity contribution in [2.75, 3.05) is 0 Å². The zero-order valence-corrected chi connectivity index (χ0v) is 18.2. The molecule has 0 aliphatic carbocycles. The fraction of sp³-hybridized carbons (Fsp3) is 0.524. The second-order valence-electron chi connectivity index (χ2n) is 7.82. The SMILES string of the molecule is CC(NC(=O)C(N)C(C)O)C(=O)NC(Cc1ccccc1)C(=O)NC(C(=O)O)C(C)C. The maximum absolute atomic E-state index is 12.8. The predicted octanol–water partition coefficient (Wildman–Crippen LogP) is -0.848. The summed E-state index contributed by atoms with van der Waals surface area (Å²) < 4.78 is 0. The molecule has 0 fully saturated rings. The van der Waals surface area contributed by atoms with Gasteiger partial charge in [0.2, 0.25) is 17.7 Å². The highest BCUT2D eigenvalue weighted by Crippen LogP contribution is 2.07. The lowest BCUT2D eigenvalue weighted by atomic mass is 10.0. The van der Waals surface area contributed by atoms with Gasteiger partial charge in [-0.2, -0.15) is 0 Å². The maximum Gasteiger partial charge on any atom is 0.326 e. The van der Waals surface area contributed by atoms with Crippen LogP contribution in [0.2, 0.25) is 0 Å². The molecule has 0 aromatic heterocycles. The minimum Gasteiger partial charge on any atom is -0.480 e. The number of rotatable bonds is 11. The van der Waals surface area contributed by atoms with Crippen LogP contribution < -0.4 is 21.7 Å². The highest BCUT2D eigenvalue weighted by Gasteiger charge is 2.30. The number of amides is 3. The van der Waals surface area contributed by atoms with Crippen LogP contribution >= 0.6 is 0 Å². The Balaban J connectivity index is 2.95. The standard InChI is InChI=1S/C21H32N4O6/c1-11(2)17(21(30)31)25-19(28)15(10-14-8-6-5-7-9-14)24-18(27)12(3)23-20(29)16(22)13(4)26/h5-9,11-13,15-17,26H,10,22H2,1-4H3,(H,23,29)(H,24,27)(H,25,28)(H,30,31). The molecule has 0 saturated heterocycles. The summed E-state index contributed by atoms with van der Waals surface area (Å²) in [5.74, 6) is -3.57. The first kappa shape index (κ1) is 26.1. The molecule has 5 atom stereocenters. The number of hydrogen-bond acceptors (Lipinski definition) is 6. The average molecular weight is 437 g/mol. The number of nitrogens with one attached hydrogen (secondary N) is 3. The molecule has 172 valence electrons. The Morgan fingerprint density at radius 3 is 1.97 bits per heavy atom. The van der Waals surface area contributed by atoms with Gasteiger partial charge in [0.25, 0.3) is 0 Å². The van der Waals surface area contributed by atoms with Crippen molar-refractivity contribution < 1.29 is 29.4 Å². The van der Waals surface area contributed by atoms with Crippen LogP contribution in [0.15, 0.2) is 30.3 Å². The van der Waals surface area contributed by atoms with Crippen molar-refractivity contribution in [3.8, 4) is 0 Å². The lowest BCUT2D eigenvalue weighted by molar-refractivity contribution is -0.143. The fourth-order valence-corrected chi connectivity index (χ4v) is 2.72. The van der Waals surface area contributed by atoms with E-state index in [1.807, 2.05) is 0 Å². The minimum absolute atomic E-state index is 0.122. The van der Waals surface area contributed by atoms with Crippen LogP contribution in [0.25, 0.3) is 0 Å². The molecular weight excluding hydrogens is 404 g/mol. The molecule has 0 radical (unpaired) electrons. The number of carboxylic acids is 1. The molecule has 0 spiro atoms. The van der Waals surface area contributed by atoms with Gasteiger partial charge in [-0.1, -0.05) is 44.2 Å². The van der Waals surface area contributed by atoms with E-state index in [4.69, 9.17) is 5.73 Å². The van der Waals surface area contributed by atoms with Gasteiger partial charge >= 0.3 is 5.97 Å². The quantitative estimate of drug-likeness (QED) is 0.262. The highest BCUT2D eigenvalue weighted by molar-refractivity contribution is 5.94. The van der Waals surface area contributed by atoms with Gasteiger partial charge < -0.3 is 31.9 Å². The molecule has 0 aliphatic rings. The first-order valence-electron chi connectivity index (χ1n) is 10.1. The van der Waals surface area contributed by atoms with Crippen LogP contribution in [-0.2, 0) is 25.6 Å². The molecular formula is C21H32N4O6. The summed E-state index contributed by atoms with van der Waals surface area (Å²) in [5, 5.41) is 26.2. The monoisotopic (exact) mass is 436 g/mol. The predicted molar refractivity (Wildman–Crippen MR) is 114 cm³/mol. The van der Waals surface area contributed by atoms with Crippen molar-refractivity contribution in [1.29, 1.82) is 0 Å². The minimum atomic E-state index is -1.21. The molecule has 0 saturated carbocycles. The van der Waals surface area contributed by atoms with E-state index in [-0.39, 0.29) is 12.3 Å². The number of carbonyl (C=O) groups excluding carboxylic acids is 3. The molecule has 1 aromatic rings. The van der Waals surface area contributed by atoms with E-state index in [2.05, 4.69) is 16.0 Å². The number of carboxylic acid groups (broad SMARTS) is 1. The Kier molecular flexibility index (Phi) is 10.1. The van der Waals surface area contributed by atoms with E-state index in [0.29, 0.717) is 0 Å². The molecule has 0 bridgehead atoms. The van der Waals surface area contributed by atoms with E-state index in [9.17, 15) is 29.4 Å². The second kappa shape index (κ2) is 12.0. The normalized spacial score (nSPS) is 15.8. The summed E-state index contributed by atoms with van der Waals surface area (Å²) in [5.41, 5.74) is 6.31. The van der Waals surface area contributed by atoms with Crippen LogP contribution in [0.1, 0.15) is 33.3 Å². The van der Waals surface area contributed by atoms with Crippen molar-refractivity contribution >= 4 is 23.7 Å². The number of aliphatic hydroxyl groups excluding tert-OH is 1. The summed E-state index contributed by atoms with van der Waals surface area (Å²) in [6, 6.07) is 4.47. The second-order valence-corrected chi connectivity index (χ2v) is 7.82. The third-order valence-corrected chi connectivity index (χ3v) is 4.72. The number of hydrogen-bond donors (Lipinski definition) is 6. The maximum atomic E-state index is 12.8. The number of aliphatic hydroxyl groups is 1. The fourth-order valence-electron chi connectivity index (χ4n) is 2.72. The topological polar surface area (TPSA) is 171 Å². The van der Waals surface area contributed by atoms with Crippen LogP contribution in [0.4, 0.5) is 0 Å². The van der Waals surface area contributed by atoms with Gasteiger partial charge in [0.05, 0.1) is 6.10 Å². The van der Waals surface area contributed by atoms with E-state index in [1.165, 1.54) is 13.8 Å². The highest BCUT2D eigenvalue weighted by atomic mass is 16.4. The average Bonchev–Trinajstić information content (AvgIpc) is 2.70. The summed E-state index contributed by atoms with van der Waals surface area (Å²) in [7, 11) is 0. The van der Waals surface area contributed by atoms with Gasteiger partial charge in [0.1, 0.15) is 24.2 Å². The number of aliphatic carboxylic acids is 1. The summed E-state index contributed by atoms with van der Waals surface area (Å²) in [6.07, 6.45) is -0.979. The molecule has 1 rings (SSSR count). The summed E-state index contributed by atoms with van der Waals surface area (Å²) in [6.45, 7) is 6.08. The van der Waals surface area contributed by atoms with Crippen LogP contribution in [0.3, 0.4) is 0 Å². The lowest BCUT2D eigenvalue weighted by Crippen LogP contribution is -2.58. The Bertz CT molecular complexity index is 768. The van der Waals surface area contributed by atoms with Crippen molar-refractivity contribution in [3.63, 3.8) is 0 Å². The van der Waals surface area contributed by atoms with E-state index in [0.717, 1.165) is 5.56 Å².